The topological polar surface area (TPSA) is 56.1 Å². The van der Waals surface area contributed by atoms with E-state index in [-0.39, 0.29) is 11.8 Å². The van der Waals surface area contributed by atoms with Crippen molar-refractivity contribution in [2.45, 2.75) is 19.4 Å². The molecule has 4 heteroatoms. The van der Waals surface area contributed by atoms with Crippen LogP contribution in [0, 0.1) is 17.2 Å². The summed E-state index contributed by atoms with van der Waals surface area (Å²) >= 11 is 0. The van der Waals surface area contributed by atoms with E-state index in [1.807, 2.05) is 54.6 Å². The molecule has 24 heavy (non-hydrogen) atoms. The predicted octanol–water partition coefficient (Wildman–Crippen LogP) is 3.41. The molecule has 1 aliphatic heterocycles. The zero-order chi connectivity index (χ0) is 16.8. The van der Waals surface area contributed by atoms with Crippen LogP contribution in [0.5, 0.6) is 0 Å². The van der Waals surface area contributed by atoms with E-state index in [1.54, 1.807) is 0 Å². The van der Waals surface area contributed by atoms with Crippen LogP contribution in [0.1, 0.15) is 24.0 Å². The van der Waals surface area contributed by atoms with Crippen LogP contribution in [0.3, 0.4) is 0 Å². The van der Waals surface area contributed by atoms with E-state index in [0.29, 0.717) is 5.56 Å². The summed E-state index contributed by atoms with van der Waals surface area (Å²) in [5.74, 6) is 0.0765. The van der Waals surface area contributed by atoms with E-state index in [4.69, 9.17) is 0 Å². The summed E-state index contributed by atoms with van der Waals surface area (Å²) in [6.07, 6.45) is 1.91. The maximum Gasteiger partial charge on any atom is 0.228 e. The molecule has 2 aromatic rings. The third-order valence-corrected chi connectivity index (χ3v) is 4.45. The predicted molar refractivity (Wildman–Crippen MR) is 94.2 cm³/mol. The molecular weight excluding hydrogens is 298 g/mol. The Kier molecular flexibility index (Phi) is 5.25. The van der Waals surface area contributed by atoms with Crippen LogP contribution in [0.15, 0.2) is 54.6 Å². The van der Waals surface area contributed by atoms with Gasteiger partial charge in [0.15, 0.2) is 0 Å². The molecule has 4 nitrogen and oxygen atoms in total. The van der Waals surface area contributed by atoms with Gasteiger partial charge in [0.2, 0.25) is 5.91 Å². The number of rotatable bonds is 4. The molecule has 3 rings (SSSR count). The van der Waals surface area contributed by atoms with Gasteiger partial charge in [0.1, 0.15) is 0 Å². The second kappa shape index (κ2) is 7.76. The third-order valence-electron chi connectivity index (χ3n) is 4.45. The quantitative estimate of drug-likeness (QED) is 0.939. The minimum atomic E-state index is -0.00629. The standard InChI is InChI=1S/C20H21N3O/c21-13-16-7-4-5-8-17(16)14-23-12-6-9-18(15-23)20(24)22-19-10-2-1-3-11-19/h1-5,7-8,10-11,18H,6,9,12,14-15H2,(H,22,24). The van der Waals surface area contributed by atoms with Crippen LogP contribution in [0.25, 0.3) is 0 Å². The highest BCUT2D eigenvalue weighted by Gasteiger charge is 2.26. The van der Waals surface area contributed by atoms with Gasteiger partial charge < -0.3 is 5.32 Å². The molecule has 1 amide bonds. The number of carbonyl (C=O) groups excluding carboxylic acids is 1. The second-order valence-electron chi connectivity index (χ2n) is 6.20. The molecule has 0 saturated carbocycles. The van der Waals surface area contributed by atoms with Crippen molar-refractivity contribution in [3.05, 3.63) is 65.7 Å². The molecule has 0 radical (unpaired) electrons. The summed E-state index contributed by atoms with van der Waals surface area (Å²) in [7, 11) is 0. The van der Waals surface area contributed by atoms with Crippen molar-refractivity contribution in [1.82, 2.24) is 4.90 Å². The highest BCUT2D eigenvalue weighted by molar-refractivity contribution is 5.92. The lowest BCUT2D eigenvalue weighted by atomic mass is 9.96. The van der Waals surface area contributed by atoms with E-state index >= 15 is 0 Å². The Morgan fingerprint density at radius 3 is 2.71 bits per heavy atom. The Labute approximate surface area is 142 Å². The molecule has 1 saturated heterocycles. The lowest BCUT2D eigenvalue weighted by Gasteiger charge is -2.32. The number of amides is 1. The molecule has 1 N–H and O–H groups in total. The normalized spacial score (nSPS) is 17.9. The smallest absolute Gasteiger partial charge is 0.228 e. The Morgan fingerprint density at radius 2 is 1.92 bits per heavy atom. The zero-order valence-electron chi connectivity index (χ0n) is 13.6. The molecular formula is C20H21N3O. The SMILES string of the molecule is N#Cc1ccccc1CN1CCCC(C(=O)Nc2ccccc2)C1. The second-order valence-corrected chi connectivity index (χ2v) is 6.20. The van der Waals surface area contributed by atoms with Gasteiger partial charge in [0, 0.05) is 18.8 Å². The fraction of sp³-hybridized carbons (Fsp3) is 0.300. The number of nitriles is 1. The Balaban J connectivity index is 1.62. The number of nitrogens with one attached hydrogen (secondary N) is 1. The molecule has 122 valence electrons. The van der Waals surface area contributed by atoms with Crippen molar-refractivity contribution in [2.75, 3.05) is 18.4 Å². The number of hydrogen-bond acceptors (Lipinski definition) is 3. The van der Waals surface area contributed by atoms with Gasteiger partial charge in [-0.15, -0.1) is 0 Å². The number of anilines is 1. The monoisotopic (exact) mass is 319 g/mol. The first-order chi connectivity index (χ1) is 11.8. The van der Waals surface area contributed by atoms with Crippen LogP contribution in [0.4, 0.5) is 5.69 Å². The molecule has 1 unspecified atom stereocenters. The van der Waals surface area contributed by atoms with Gasteiger partial charge in [-0.2, -0.15) is 5.26 Å². The maximum absolute atomic E-state index is 12.5. The van der Waals surface area contributed by atoms with Crippen molar-refractivity contribution in [2.24, 2.45) is 5.92 Å². The summed E-state index contributed by atoms with van der Waals surface area (Å²) < 4.78 is 0. The van der Waals surface area contributed by atoms with E-state index in [9.17, 15) is 10.1 Å². The van der Waals surface area contributed by atoms with Gasteiger partial charge in [-0.25, -0.2) is 0 Å². The molecule has 0 aromatic heterocycles. The molecule has 0 aliphatic carbocycles. The van der Waals surface area contributed by atoms with E-state index in [2.05, 4.69) is 16.3 Å². The summed E-state index contributed by atoms with van der Waals surface area (Å²) in [6.45, 7) is 2.42. The summed E-state index contributed by atoms with van der Waals surface area (Å²) in [5.41, 5.74) is 2.59. The fourth-order valence-corrected chi connectivity index (χ4v) is 3.19. The molecule has 0 spiro atoms. The molecule has 2 aromatic carbocycles. The molecule has 1 atom stereocenters. The molecule has 1 fully saturated rings. The van der Waals surface area contributed by atoms with Crippen molar-refractivity contribution >= 4 is 11.6 Å². The summed E-state index contributed by atoms with van der Waals surface area (Å²) in [5, 5.41) is 12.2. The molecule has 0 bridgehead atoms. The highest BCUT2D eigenvalue weighted by atomic mass is 16.1. The van der Waals surface area contributed by atoms with Crippen molar-refractivity contribution in [3.8, 4) is 6.07 Å². The third kappa shape index (κ3) is 4.01. The van der Waals surface area contributed by atoms with Gasteiger partial charge in [-0.05, 0) is 43.1 Å². The number of carbonyl (C=O) groups is 1. The fourth-order valence-electron chi connectivity index (χ4n) is 3.19. The van der Waals surface area contributed by atoms with Crippen LogP contribution < -0.4 is 5.32 Å². The maximum atomic E-state index is 12.5. The average molecular weight is 319 g/mol. The molecule has 1 aliphatic rings. The molecule has 1 heterocycles. The number of benzene rings is 2. The van der Waals surface area contributed by atoms with Crippen molar-refractivity contribution < 1.29 is 4.79 Å². The van der Waals surface area contributed by atoms with Crippen LogP contribution in [-0.4, -0.2) is 23.9 Å². The Bertz CT molecular complexity index is 736. The highest BCUT2D eigenvalue weighted by Crippen LogP contribution is 2.21. The largest absolute Gasteiger partial charge is 0.326 e. The van der Waals surface area contributed by atoms with Gasteiger partial charge in [0.25, 0.3) is 0 Å². The first kappa shape index (κ1) is 16.2. The van der Waals surface area contributed by atoms with Gasteiger partial charge in [-0.3, -0.25) is 9.69 Å². The number of piperidine rings is 1. The van der Waals surface area contributed by atoms with Crippen molar-refractivity contribution in [1.29, 1.82) is 5.26 Å². The van der Waals surface area contributed by atoms with Crippen LogP contribution >= 0.6 is 0 Å². The number of likely N-dealkylation sites (tertiary alicyclic amines) is 1. The van der Waals surface area contributed by atoms with E-state index in [1.165, 1.54) is 0 Å². The Hall–Kier alpha value is -2.64. The van der Waals surface area contributed by atoms with Gasteiger partial charge in [0.05, 0.1) is 17.6 Å². The summed E-state index contributed by atoms with van der Waals surface area (Å²) in [4.78, 5) is 14.8. The summed E-state index contributed by atoms with van der Waals surface area (Å²) in [6, 6.07) is 19.5. The number of para-hydroxylation sites is 1. The van der Waals surface area contributed by atoms with Crippen LogP contribution in [0.2, 0.25) is 0 Å². The zero-order valence-corrected chi connectivity index (χ0v) is 13.6. The lowest BCUT2D eigenvalue weighted by molar-refractivity contribution is -0.121. The number of hydrogen-bond donors (Lipinski definition) is 1. The first-order valence-electron chi connectivity index (χ1n) is 8.32. The van der Waals surface area contributed by atoms with Gasteiger partial charge in [-0.1, -0.05) is 36.4 Å². The average Bonchev–Trinajstić information content (AvgIpc) is 2.63. The minimum absolute atomic E-state index is 0.00629. The van der Waals surface area contributed by atoms with Gasteiger partial charge >= 0.3 is 0 Å². The number of nitrogens with zero attached hydrogens (tertiary/aromatic N) is 2. The van der Waals surface area contributed by atoms with Crippen molar-refractivity contribution in [3.63, 3.8) is 0 Å². The first-order valence-corrected chi connectivity index (χ1v) is 8.32. The van der Waals surface area contributed by atoms with E-state index in [0.717, 1.165) is 43.7 Å². The van der Waals surface area contributed by atoms with E-state index < -0.39 is 0 Å². The van der Waals surface area contributed by atoms with Crippen LogP contribution in [-0.2, 0) is 11.3 Å². The minimum Gasteiger partial charge on any atom is -0.326 e. The lowest BCUT2D eigenvalue weighted by Crippen LogP contribution is -2.40. The Morgan fingerprint density at radius 1 is 1.17 bits per heavy atom.